The van der Waals surface area contributed by atoms with E-state index in [0.717, 1.165) is 5.92 Å². The summed E-state index contributed by atoms with van der Waals surface area (Å²) in [7, 11) is 0. The summed E-state index contributed by atoms with van der Waals surface area (Å²) in [4.78, 5) is 0. The van der Waals surface area contributed by atoms with Gasteiger partial charge < -0.3 is 0 Å². The highest BCUT2D eigenvalue weighted by atomic mass is 14.3. The van der Waals surface area contributed by atoms with E-state index in [2.05, 4.69) is 55.5 Å². The van der Waals surface area contributed by atoms with Gasteiger partial charge in [0, 0.05) is 0 Å². The molecule has 1 fully saturated rings. The summed E-state index contributed by atoms with van der Waals surface area (Å²) in [6, 6.07) is 15.8. The van der Waals surface area contributed by atoms with Crippen molar-refractivity contribution < 1.29 is 0 Å². The van der Waals surface area contributed by atoms with Gasteiger partial charge in [-0.2, -0.15) is 0 Å². The Morgan fingerprint density at radius 2 is 1.73 bits per heavy atom. The molecule has 2 aliphatic rings. The van der Waals surface area contributed by atoms with Crippen molar-refractivity contribution in [1.82, 2.24) is 0 Å². The van der Waals surface area contributed by atoms with Crippen LogP contribution in [0.15, 0.2) is 48.0 Å². The Morgan fingerprint density at radius 3 is 2.50 bits per heavy atom. The van der Waals surface area contributed by atoms with Crippen LogP contribution in [0.2, 0.25) is 0 Å². The molecule has 0 aliphatic heterocycles. The number of hydrogen-bond acceptors (Lipinski definition) is 0. The van der Waals surface area contributed by atoms with E-state index in [1.807, 2.05) is 0 Å². The van der Waals surface area contributed by atoms with E-state index in [0.29, 0.717) is 0 Å². The molecule has 2 aromatic carbocycles. The third-order valence-electron chi connectivity index (χ3n) is 5.35. The van der Waals surface area contributed by atoms with E-state index in [4.69, 9.17) is 0 Å². The van der Waals surface area contributed by atoms with Gasteiger partial charge in [0.2, 0.25) is 0 Å². The van der Waals surface area contributed by atoms with Crippen molar-refractivity contribution >= 4 is 6.08 Å². The summed E-state index contributed by atoms with van der Waals surface area (Å²) in [5.74, 6) is 0.948. The Balaban J connectivity index is 1.65. The van der Waals surface area contributed by atoms with Gasteiger partial charge in [-0.15, -0.1) is 0 Å². The summed E-state index contributed by atoms with van der Waals surface area (Å²) in [5.41, 5.74) is 8.72. The predicted molar refractivity (Wildman–Crippen MR) is 94.9 cm³/mol. The van der Waals surface area contributed by atoms with Crippen LogP contribution in [-0.2, 0) is 6.42 Å². The molecule has 1 saturated carbocycles. The van der Waals surface area contributed by atoms with Gasteiger partial charge >= 0.3 is 0 Å². The smallest absolute Gasteiger partial charge is 0.00575 e. The monoisotopic (exact) mass is 288 g/mol. The lowest BCUT2D eigenvalue weighted by Gasteiger charge is -2.09. The molecule has 0 heteroatoms. The van der Waals surface area contributed by atoms with Crippen LogP contribution in [-0.4, -0.2) is 0 Å². The SMILES string of the molecule is Cc1ccc(-c2cccc3c2C=C(CC2CCCC2)C3)cc1. The summed E-state index contributed by atoms with van der Waals surface area (Å²) in [5, 5.41) is 0. The molecule has 0 heterocycles. The Kier molecular flexibility index (Phi) is 3.62. The van der Waals surface area contributed by atoms with Crippen molar-refractivity contribution in [1.29, 1.82) is 0 Å². The van der Waals surface area contributed by atoms with Crippen molar-refractivity contribution in [3.63, 3.8) is 0 Å². The van der Waals surface area contributed by atoms with Gasteiger partial charge in [0.25, 0.3) is 0 Å². The summed E-state index contributed by atoms with van der Waals surface area (Å²) in [6.07, 6.45) is 10.8. The maximum atomic E-state index is 2.49. The minimum atomic E-state index is 0.948. The second kappa shape index (κ2) is 5.76. The van der Waals surface area contributed by atoms with E-state index in [-0.39, 0.29) is 0 Å². The fraction of sp³-hybridized carbons (Fsp3) is 0.364. The van der Waals surface area contributed by atoms with Crippen LogP contribution in [0.1, 0.15) is 48.8 Å². The van der Waals surface area contributed by atoms with Crippen LogP contribution in [0, 0.1) is 12.8 Å². The van der Waals surface area contributed by atoms with Crippen LogP contribution >= 0.6 is 0 Å². The zero-order valence-electron chi connectivity index (χ0n) is 13.4. The van der Waals surface area contributed by atoms with Crippen molar-refractivity contribution in [2.45, 2.75) is 45.4 Å². The number of aryl methyl sites for hydroxylation is 1. The highest BCUT2D eigenvalue weighted by molar-refractivity contribution is 5.80. The molecule has 0 saturated heterocycles. The highest BCUT2D eigenvalue weighted by Gasteiger charge is 2.21. The van der Waals surface area contributed by atoms with Crippen LogP contribution in [0.5, 0.6) is 0 Å². The van der Waals surface area contributed by atoms with Crippen molar-refractivity contribution in [2.24, 2.45) is 5.92 Å². The average molecular weight is 288 g/mol. The minimum absolute atomic E-state index is 0.948. The molecule has 0 amide bonds. The molecule has 0 radical (unpaired) electrons. The molecule has 0 unspecified atom stereocenters. The average Bonchev–Trinajstić information content (AvgIpc) is 3.17. The van der Waals surface area contributed by atoms with Gasteiger partial charge in [0.1, 0.15) is 0 Å². The first-order chi connectivity index (χ1) is 10.8. The number of fused-ring (bicyclic) bond motifs is 1. The lowest BCUT2D eigenvalue weighted by molar-refractivity contribution is 0.541. The topological polar surface area (TPSA) is 0 Å². The maximum absolute atomic E-state index is 2.49. The number of hydrogen-bond donors (Lipinski definition) is 0. The summed E-state index contributed by atoms with van der Waals surface area (Å²) >= 11 is 0. The van der Waals surface area contributed by atoms with Crippen molar-refractivity contribution in [3.8, 4) is 11.1 Å². The fourth-order valence-electron chi connectivity index (χ4n) is 4.14. The number of rotatable bonds is 3. The summed E-state index contributed by atoms with van der Waals surface area (Å²) < 4.78 is 0. The second-order valence-electron chi connectivity index (χ2n) is 7.08. The molecule has 0 aromatic heterocycles. The fourth-order valence-corrected chi connectivity index (χ4v) is 4.14. The van der Waals surface area contributed by atoms with E-state index in [1.54, 1.807) is 5.57 Å². The van der Waals surface area contributed by atoms with E-state index in [9.17, 15) is 0 Å². The predicted octanol–water partition coefficient (Wildman–Crippen LogP) is 6.18. The maximum Gasteiger partial charge on any atom is -0.00575 e. The quantitative estimate of drug-likeness (QED) is 0.632. The summed E-state index contributed by atoms with van der Waals surface area (Å²) in [6.45, 7) is 2.15. The molecule has 2 aliphatic carbocycles. The van der Waals surface area contributed by atoms with Gasteiger partial charge in [-0.1, -0.05) is 85.4 Å². The zero-order chi connectivity index (χ0) is 14.9. The van der Waals surface area contributed by atoms with Gasteiger partial charge in [-0.05, 0) is 47.9 Å². The number of allylic oxidation sites excluding steroid dienone is 1. The van der Waals surface area contributed by atoms with E-state index < -0.39 is 0 Å². The first kappa shape index (κ1) is 13.8. The molecule has 0 nitrogen and oxygen atoms in total. The largest absolute Gasteiger partial charge is 0.0649 e. The van der Waals surface area contributed by atoms with Crippen molar-refractivity contribution in [2.75, 3.05) is 0 Å². The molecule has 0 atom stereocenters. The van der Waals surface area contributed by atoms with Gasteiger partial charge in [-0.25, -0.2) is 0 Å². The Hall–Kier alpha value is -1.82. The first-order valence-electron chi connectivity index (χ1n) is 8.68. The minimum Gasteiger partial charge on any atom is -0.0649 e. The first-order valence-corrected chi connectivity index (χ1v) is 8.68. The molecular weight excluding hydrogens is 264 g/mol. The Bertz CT molecular complexity index is 697. The molecule has 0 bridgehead atoms. The van der Waals surface area contributed by atoms with Crippen LogP contribution in [0.25, 0.3) is 17.2 Å². The van der Waals surface area contributed by atoms with Crippen LogP contribution in [0.4, 0.5) is 0 Å². The third kappa shape index (κ3) is 2.63. The van der Waals surface area contributed by atoms with Crippen molar-refractivity contribution in [3.05, 3.63) is 64.7 Å². The van der Waals surface area contributed by atoms with Crippen LogP contribution < -0.4 is 0 Å². The van der Waals surface area contributed by atoms with Gasteiger partial charge in [-0.3, -0.25) is 0 Å². The molecule has 112 valence electrons. The lowest BCUT2D eigenvalue weighted by atomic mass is 9.96. The Labute approximate surface area is 133 Å². The molecular formula is C22H24. The Morgan fingerprint density at radius 1 is 0.955 bits per heavy atom. The lowest BCUT2D eigenvalue weighted by Crippen LogP contribution is -1.95. The molecule has 2 aromatic rings. The standard InChI is InChI=1S/C22H24/c1-16-9-11-19(12-10-16)21-8-4-7-20-14-18(15-22(20)21)13-17-5-2-3-6-17/h4,7-12,15,17H,2-3,5-6,13-14H2,1H3. The number of benzene rings is 2. The zero-order valence-corrected chi connectivity index (χ0v) is 13.4. The normalized spacial score (nSPS) is 17.6. The molecule has 22 heavy (non-hydrogen) atoms. The van der Waals surface area contributed by atoms with Gasteiger partial charge in [0.15, 0.2) is 0 Å². The van der Waals surface area contributed by atoms with Crippen LogP contribution in [0.3, 0.4) is 0 Å². The van der Waals surface area contributed by atoms with E-state index >= 15 is 0 Å². The van der Waals surface area contributed by atoms with Gasteiger partial charge in [0.05, 0.1) is 0 Å². The molecule has 0 spiro atoms. The molecule has 0 N–H and O–H groups in total. The third-order valence-corrected chi connectivity index (χ3v) is 5.35. The highest BCUT2D eigenvalue weighted by Crippen LogP contribution is 2.38. The second-order valence-corrected chi connectivity index (χ2v) is 7.08. The van der Waals surface area contributed by atoms with E-state index in [1.165, 1.54) is 66.3 Å². The molecule has 4 rings (SSSR count).